The van der Waals surface area contributed by atoms with Gasteiger partial charge in [0.1, 0.15) is 0 Å². The van der Waals surface area contributed by atoms with Crippen molar-refractivity contribution in [2.24, 2.45) is 17.3 Å². The van der Waals surface area contributed by atoms with Gasteiger partial charge in [-0.3, -0.25) is 4.79 Å². The number of alkyl halides is 3. The summed E-state index contributed by atoms with van der Waals surface area (Å²) >= 11 is 2.49. The van der Waals surface area contributed by atoms with Gasteiger partial charge in [0.25, 0.3) is 0 Å². The third kappa shape index (κ3) is 3.03. The predicted octanol–water partition coefficient (Wildman–Crippen LogP) is 3.66. The van der Waals surface area contributed by atoms with Crippen LogP contribution in [0.4, 0.5) is 13.2 Å². The molecule has 1 rings (SSSR count). The molecule has 0 bridgehead atoms. The highest BCUT2D eigenvalue weighted by molar-refractivity contribution is 9.11. The minimum Gasteiger partial charge on any atom is -0.466 e. The molecule has 1 aliphatic rings. The maximum Gasteiger partial charge on any atom is 0.422 e. The first kappa shape index (κ1) is 14.5. The molecule has 1 fully saturated rings. The molecule has 98 valence electrons. The molecule has 0 N–H and O–H groups in total. The average Bonchev–Trinajstić information content (AvgIpc) is 2.67. The van der Waals surface area contributed by atoms with Gasteiger partial charge in [0.2, 0.25) is 0 Å². The first-order chi connectivity index (χ1) is 7.62. The van der Waals surface area contributed by atoms with E-state index in [0.717, 1.165) is 6.08 Å². The van der Waals surface area contributed by atoms with E-state index in [9.17, 15) is 18.0 Å². The summed E-state index contributed by atoms with van der Waals surface area (Å²) in [7, 11) is 0. The van der Waals surface area contributed by atoms with Crippen molar-refractivity contribution in [1.82, 2.24) is 0 Å². The van der Waals surface area contributed by atoms with Crippen LogP contribution in [-0.2, 0) is 9.53 Å². The van der Waals surface area contributed by atoms with Crippen LogP contribution in [0.2, 0.25) is 0 Å². The Morgan fingerprint density at radius 3 is 2.41 bits per heavy atom. The molecule has 0 spiro atoms. The molecule has 0 aromatic heterocycles. The summed E-state index contributed by atoms with van der Waals surface area (Å²) in [5.41, 5.74) is -0.476. The minimum absolute atomic E-state index is 0.238. The second kappa shape index (κ2) is 4.63. The highest BCUT2D eigenvalue weighted by Gasteiger charge is 2.62. The smallest absolute Gasteiger partial charge is 0.422 e. The van der Waals surface area contributed by atoms with Crippen LogP contribution in [0, 0.1) is 17.3 Å². The number of carbonyl (C=O) groups excluding carboxylic acids is 1. The zero-order chi connectivity index (χ0) is 13.4. The molecule has 0 saturated heterocycles. The largest absolute Gasteiger partial charge is 0.466 e. The van der Waals surface area contributed by atoms with Crippen LogP contribution in [0.1, 0.15) is 20.8 Å². The average molecular weight is 315 g/mol. The lowest BCUT2D eigenvalue weighted by Crippen LogP contribution is -2.10. The Labute approximate surface area is 106 Å². The van der Waals surface area contributed by atoms with Crippen molar-refractivity contribution in [1.29, 1.82) is 0 Å². The van der Waals surface area contributed by atoms with Crippen LogP contribution in [0.3, 0.4) is 0 Å². The molecule has 0 heterocycles. The summed E-state index contributed by atoms with van der Waals surface area (Å²) in [6.07, 6.45) is -3.35. The van der Waals surface area contributed by atoms with Gasteiger partial charge in [0.05, 0.1) is 17.0 Å². The Balaban J connectivity index is 2.79. The highest BCUT2D eigenvalue weighted by Crippen LogP contribution is 2.60. The van der Waals surface area contributed by atoms with E-state index in [4.69, 9.17) is 4.74 Å². The first-order valence-electron chi connectivity index (χ1n) is 5.23. The molecular weight excluding hydrogens is 301 g/mol. The van der Waals surface area contributed by atoms with Crippen molar-refractivity contribution < 1.29 is 22.7 Å². The van der Waals surface area contributed by atoms with Gasteiger partial charge in [-0.05, 0) is 34.2 Å². The number of carbonyl (C=O) groups is 1. The fraction of sp³-hybridized carbons (Fsp3) is 0.727. The summed E-state index contributed by atoms with van der Waals surface area (Å²) < 4.78 is 41.0. The normalized spacial score (nSPS) is 27.8. The molecule has 2 atom stereocenters. The molecule has 0 unspecified atom stereocenters. The summed E-state index contributed by atoms with van der Waals surface area (Å²) in [5, 5.41) is 0. The quantitative estimate of drug-likeness (QED) is 0.743. The standard InChI is InChI=1S/C11H14BrF3O2/c1-4-17-9(16)8-6(10(8,2)3)5-7(12)11(13,14)15/h5-6,8H,4H2,1-3H3/t6-,8+/m0/s1. The van der Waals surface area contributed by atoms with Gasteiger partial charge >= 0.3 is 12.1 Å². The van der Waals surface area contributed by atoms with E-state index in [1.807, 2.05) is 0 Å². The van der Waals surface area contributed by atoms with Crippen LogP contribution in [0.15, 0.2) is 10.6 Å². The molecule has 0 aromatic carbocycles. The molecule has 0 radical (unpaired) electrons. The molecule has 6 heteroatoms. The number of allylic oxidation sites excluding steroid dienone is 2. The van der Waals surface area contributed by atoms with E-state index < -0.39 is 33.9 Å². The lowest BCUT2D eigenvalue weighted by atomic mass is 10.1. The Kier molecular flexibility index (Phi) is 3.96. The molecule has 0 aliphatic heterocycles. The maximum atomic E-state index is 12.3. The van der Waals surface area contributed by atoms with Crippen molar-refractivity contribution >= 4 is 21.9 Å². The third-order valence-electron chi connectivity index (χ3n) is 3.05. The Hall–Kier alpha value is -0.520. The van der Waals surface area contributed by atoms with Gasteiger partial charge in [-0.1, -0.05) is 19.9 Å². The van der Waals surface area contributed by atoms with Crippen molar-refractivity contribution in [3.8, 4) is 0 Å². The topological polar surface area (TPSA) is 26.3 Å². The number of halogens is 4. The van der Waals surface area contributed by atoms with Crippen molar-refractivity contribution in [3.63, 3.8) is 0 Å². The van der Waals surface area contributed by atoms with E-state index in [0.29, 0.717) is 0 Å². The zero-order valence-corrected chi connectivity index (χ0v) is 11.4. The number of ether oxygens (including phenoxy) is 1. The number of rotatable bonds is 3. The molecule has 1 saturated carbocycles. The van der Waals surface area contributed by atoms with Crippen LogP contribution in [0.5, 0.6) is 0 Å². The fourth-order valence-electron chi connectivity index (χ4n) is 1.92. The third-order valence-corrected chi connectivity index (χ3v) is 3.76. The molecule has 2 nitrogen and oxygen atoms in total. The zero-order valence-electron chi connectivity index (χ0n) is 9.77. The van der Waals surface area contributed by atoms with E-state index in [-0.39, 0.29) is 6.61 Å². The van der Waals surface area contributed by atoms with Gasteiger partial charge < -0.3 is 4.74 Å². The molecule has 0 amide bonds. The van der Waals surface area contributed by atoms with E-state index in [2.05, 4.69) is 15.9 Å². The van der Waals surface area contributed by atoms with Crippen LogP contribution >= 0.6 is 15.9 Å². The molecule has 0 aromatic rings. The van der Waals surface area contributed by atoms with Crippen LogP contribution in [-0.4, -0.2) is 18.8 Å². The van der Waals surface area contributed by atoms with Crippen molar-refractivity contribution in [2.75, 3.05) is 6.61 Å². The fourth-order valence-corrected chi connectivity index (χ4v) is 2.21. The lowest BCUT2D eigenvalue weighted by Gasteiger charge is -2.04. The second-order valence-electron chi connectivity index (χ2n) is 4.59. The predicted molar refractivity (Wildman–Crippen MR) is 60.5 cm³/mol. The van der Waals surface area contributed by atoms with Gasteiger partial charge in [-0.15, -0.1) is 0 Å². The summed E-state index contributed by atoms with van der Waals surface area (Å²) in [6, 6.07) is 0. The summed E-state index contributed by atoms with van der Waals surface area (Å²) in [5.74, 6) is -1.35. The number of hydrogen-bond donors (Lipinski definition) is 0. The molecule has 17 heavy (non-hydrogen) atoms. The van der Waals surface area contributed by atoms with Gasteiger partial charge in [-0.2, -0.15) is 13.2 Å². The highest BCUT2D eigenvalue weighted by atomic mass is 79.9. The van der Waals surface area contributed by atoms with E-state index in [1.54, 1.807) is 20.8 Å². The first-order valence-corrected chi connectivity index (χ1v) is 6.02. The Morgan fingerprint density at radius 2 is 2.00 bits per heavy atom. The van der Waals surface area contributed by atoms with Crippen molar-refractivity contribution in [2.45, 2.75) is 26.9 Å². The summed E-state index contributed by atoms with van der Waals surface area (Å²) in [4.78, 5) is 11.5. The van der Waals surface area contributed by atoms with Gasteiger partial charge in [-0.25, -0.2) is 0 Å². The second-order valence-corrected chi connectivity index (χ2v) is 5.44. The van der Waals surface area contributed by atoms with E-state index in [1.165, 1.54) is 0 Å². The summed E-state index contributed by atoms with van der Waals surface area (Å²) in [6.45, 7) is 5.42. The SMILES string of the molecule is CCOC(=O)[C@H]1[C@H](C=C(Br)C(F)(F)F)C1(C)C. The van der Waals surface area contributed by atoms with Gasteiger partial charge in [0, 0.05) is 0 Å². The van der Waals surface area contributed by atoms with E-state index >= 15 is 0 Å². The van der Waals surface area contributed by atoms with Crippen LogP contribution in [0.25, 0.3) is 0 Å². The number of esters is 1. The lowest BCUT2D eigenvalue weighted by molar-refractivity contribution is -0.145. The Morgan fingerprint density at radius 1 is 1.47 bits per heavy atom. The van der Waals surface area contributed by atoms with Gasteiger partial charge in [0.15, 0.2) is 0 Å². The van der Waals surface area contributed by atoms with Crippen LogP contribution < -0.4 is 0 Å². The molecule has 1 aliphatic carbocycles. The minimum atomic E-state index is -4.40. The van der Waals surface area contributed by atoms with Crippen molar-refractivity contribution in [3.05, 3.63) is 10.6 Å². The Bertz CT molecular complexity index is 347. The number of hydrogen-bond acceptors (Lipinski definition) is 2. The molecular formula is C11H14BrF3O2. The monoisotopic (exact) mass is 314 g/mol. The maximum absolute atomic E-state index is 12.3.